The predicted octanol–water partition coefficient (Wildman–Crippen LogP) is 1.76. The molecular formula is C19H19N5O. The van der Waals surface area contributed by atoms with Gasteiger partial charge in [0.25, 0.3) is 0 Å². The zero-order valence-electron chi connectivity index (χ0n) is 13.9. The lowest BCUT2D eigenvalue weighted by Gasteiger charge is -2.31. The largest absolute Gasteiger partial charge is 0.353 e. The smallest absolute Gasteiger partial charge is 0.227 e. The first-order valence-electron chi connectivity index (χ1n) is 8.58. The molecule has 0 aliphatic carbocycles. The molecule has 2 aliphatic rings. The molecule has 0 bridgehead atoms. The summed E-state index contributed by atoms with van der Waals surface area (Å²) >= 11 is 0. The molecule has 1 atom stereocenters. The molecule has 1 amide bonds. The number of nitrogens with zero attached hydrogens (tertiary/aromatic N) is 5. The van der Waals surface area contributed by atoms with Crippen LogP contribution in [0.5, 0.6) is 0 Å². The van der Waals surface area contributed by atoms with Crippen molar-refractivity contribution in [1.29, 1.82) is 5.26 Å². The molecule has 126 valence electrons. The van der Waals surface area contributed by atoms with Crippen molar-refractivity contribution in [3.05, 3.63) is 53.5 Å². The summed E-state index contributed by atoms with van der Waals surface area (Å²) in [4.78, 5) is 25.3. The molecular weight excluding hydrogens is 314 g/mol. The van der Waals surface area contributed by atoms with Crippen LogP contribution in [0, 0.1) is 17.2 Å². The van der Waals surface area contributed by atoms with Gasteiger partial charge in [0, 0.05) is 38.6 Å². The van der Waals surface area contributed by atoms with E-state index in [4.69, 9.17) is 0 Å². The highest BCUT2D eigenvalue weighted by Gasteiger charge is 2.34. The summed E-state index contributed by atoms with van der Waals surface area (Å²) in [6, 6.07) is 10.4. The number of carbonyl (C=O) groups is 1. The Hall–Kier alpha value is -2.94. The molecule has 2 aliphatic heterocycles. The molecule has 1 aromatic heterocycles. The minimum atomic E-state index is -0.0428. The molecule has 6 nitrogen and oxygen atoms in total. The first kappa shape index (κ1) is 15.6. The van der Waals surface area contributed by atoms with Gasteiger partial charge in [0.15, 0.2) is 11.5 Å². The fourth-order valence-electron chi connectivity index (χ4n) is 3.74. The minimum absolute atomic E-state index is 0.0428. The van der Waals surface area contributed by atoms with E-state index in [-0.39, 0.29) is 11.8 Å². The molecule has 25 heavy (non-hydrogen) atoms. The quantitative estimate of drug-likeness (QED) is 0.837. The van der Waals surface area contributed by atoms with Crippen molar-refractivity contribution < 1.29 is 4.79 Å². The highest BCUT2D eigenvalue weighted by molar-refractivity contribution is 5.80. The summed E-state index contributed by atoms with van der Waals surface area (Å²) < 4.78 is 0. The van der Waals surface area contributed by atoms with Crippen LogP contribution in [0.15, 0.2) is 36.7 Å². The van der Waals surface area contributed by atoms with E-state index >= 15 is 0 Å². The molecule has 3 heterocycles. The van der Waals surface area contributed by atoms with Crippen molar-refractivity contribution in [3.8, 4) is 6.07 Å². The lowest BCUT2D eigenvalue weighted by atomic mass is 9.98. The average molecular weight is 333 g/mol. The van der Waals surface area contributed by atoms with Gasteiger partial charge in [0.05, 0.1) is 5.92 Å². The van der Waals surface area contributed by atoms with E-state index in [1.165, 1.54) is 17.3 Å². The normalized spacial score (nSPS) is 19.4. The number of amides is 1. The number of aromatic nitrogens is 2. The topological polar surface area (TPSA) is 73.1 Å². The predicted molar refractivity (Wildman–Crippen MR) is 92.6 cm³/mol. The van der Waals surface area contributed by atoms with E-state index in [9.17, 15) is 10.1 Å². The molecule has 0 saturated carbocycles. The number of benzene rings is 1. The zero-order valence-corrected chi connectivity index (χ0v) is 13.9. The lowest BCUT2D eigenvalue weighted by molar-refractivity contribution is -0.135. The first-order valence-corrected chi connectivity index (χ1v) is 8.58. The molecule has 0 radical (unpaired) electrons. The van der Waals surface area contributed by atoms with Crippen LogP contribution in [0.3, 0.4) is 0 Å². The van der Waals surface area contributed by atoms with E-state index in [0.29, 0.717) is 24.6 Å². The summed E-state index contributed by atoms with van der Waals surface area (Å²) in [5.74, 6) is 0.752. The van der Waals surface area contributed by atoms with Crippen LogP contribution in [-0.2, 0) is 17.8 Å². The van der Waals surface area contributed by atoms with Gasteiger partial charge in [-0.25, -0.2) is 9.97 Å². The third-order valence-corrected chi connectivity index (χ3v) is 5.06. The highest BCUT2D eigenvalue weighted by atomic mass is 16.2. The molecule has 2 aromatic rings. The second-order valence-corrected chi connectivity index (χ2v) is 6.55. The van der Waals surface area contributed by atoms with Gasteiger partial charge in [-0.2, -0.15) is 5.26 Å². The van der Waals surface area contributed by atoms with Crippen molar-refractivity contribution >= 4 is 11.7 Å². The molecule has 4 rings (SSSR count). The van der Waals surface area contributed by atoms with Gasteiger partial charge in [0.1, 0.15) is 6.07 Å². The zero-order chi connectivity index (χ0) is 17.2. The van der Waals surface area contributed by atoms with E-state index in [0.717, 1.165) is 25.9 Å². The van der Waals surface area contributed by atoms with Crippen LogP contribution in [0.4, 0.5) is 5.82 Å². The molecule has 1 fully saturated rings. The number of rotatable bonds is 2. The van der Waals surface area contributed by atoms with Gasteiger partial charge in [-0.15, -0.1) is 0 Å². The summed E-state index contributed by atoms with van der Waals surface area (Å²) in [5, 5.41) is 9.20. The number of hydrogen-bond donors (Lipinski definition) is 0. The first-order chi connectivity index (χ1) is 12.3. The number of fused-ring (bicyclic) bond motifs is 1. The maximum absolute atomic E-state index is 12.9. The standard InChI is InChI=1S/C19H19N5O/c20-11-17-18(22-8-7-21-17)23-9-6-16(13-23)19(25)24-10-5-14-3-1-2-4-15(14)12-24/h1-4,7-8,16H,5-6,9-10,12-13H2. The van der Waals surface area contributed by atoms with Crippen LogP contribution >= 0.6 is 0 Å². The minimum Gasteiger partial charge on any atom is -0.353 e. The van der Waals surface area contributed by atoms with Gasteiger partial charge in [-0.05, 0) is 24.0 Å². The van der Waals surface area contributed by atoms with E-state index in [1.807, 2.05) is 15.9 Å². The summed E-state index contributed by atoms with van der Waals surface area (Å²) in [5.41, 5.74) is 2.91. The lowest BCUT2D eigenvalue weighted by Crippen LogP contribution is -2.40. The third kappa shape index (κ3) is 2.93. The van der Waals surface area contributed by atoms with E-state index in [2.05, 4.69) is 34.2 Å². The van der Waals surface area contributed by atoms with Crippen LogP contribution in [0.2, 0.25) is 0 Å². The second kappa shape index (κ2) is 6.52. The molecule has 0 N–H and O–H groups in total. The van der Waals surface area contributed by atoms with Crippen molar-refractivity contribution in [3.63, 3.8) is 0 Å². The van der Waals surface area contributed by atoms with Gasteiger partial charge in [-0.3, -0.25) is 4.79 Å². The monoisotopic (exact) mass is 333 g/mol. The molecule has 1 saturated heterocycles. The van der Waals surface area contributed by atoms with E-state index in [1.54, 1.807) is 6.20 Å². The number of carbonyl (C=O) groups excluding carboxylic acids is 1. The fourth-order valence-corrected chi connectivity index (χ4v) is 3.74. The molecule has 0 spiro atoms. The maximum Gasteiger partial charge on any atom is 0.227 e. The van der Waals surface area contributed by atoms with E-state index < -0.39 is 0 Å². The van der Waals surface area contributed by atoms with Crippen LogP contribution in [0.25, 0.3) is 0 Å². The van der Waals surface area contributed by atoms with Gasteiger partial charge >= 0.3 is 0 Å². The van der Waals surface area contributed by atoms with Crippen molar-refractivity contribution in [2.75, 3.05) is 24.5 Å². The average Bonchev–Trinajstić information content (AvgIpc) is 3.17. The van der Waals surface area contributed by atoms with Crippen LogP contribution in [0.1, 0.15) is 23.2 Å². The third-order valence-electron chi connectivity index (χ3n) is 5.06. The van der Waals surface area contributed by atoms with Crippen LogP contribution < -0.4 is 4.90 Å². The Morgan fingerprint density at radius 2 is 1.96 bits per heavy atom. The Labute approximate surface area is 146 Å². The Morgan fingerprint density at radius 3 is 2.80 bits per heavy atom. The summed E-state index contributed by atoms with van der Waals surface area (Å²) in [7, 11) is 0. The number of anilines is 1. The van der Waals surface area contributed by atoms with Gasteiger partial charge in [0.2, 0.25) is 5.91 Å². The Morgan fingerprint density at radius 1 is 1.16 bits per heavy atom. The van der Waals surface area contributed by atoms with Crippen molar-refractivity contribution in [2.45, 2.75) is 19.4 Å². The van der Waals surface area contributed by atoms with Crippen molar-refractivity contribution in [1.82, 2.24) is 14.9 Å². The maximum atomic E-state index is 12.9. The van der Waals surface area contributed by atoms with Crippen LogP contribution in [-0.4, -0.2) is 40.4 Å². The fraction of sp³-hybridized carbons (Fsp3) is 0.368. The van der Waals surface area contributed by atoms with Crippen molar-refractivity contribution in [2.24, 2.45) is 5.92 Å². The van der Waals surface area contributed by atoms with Gasteiger partial charge in [-0.1, -0.05) is 24.3 Å². The Kier molecular flexibility index (Phi) is 4.06. The highest BCUT2D eigenvalue weighted by Crippen LogP contribution is 2.27. The Balaban J connectivity index is 1.46. The van der Waals surface area contributed by atoms with Gasteiger partial charge < -0.3 is 9.80 Å². The molecule has 6 heteroatoms. The summed E-state index contributed by atoms with van der Waals surface area (Å²) in [6.45, 7) is 2.81. The second-order valence-electron chi connectivity index (χ2n) is 6.55. The Bertz CT molecular complexity index is 844. The number of hydrogen-bond acceptors (Lipinski definition) is 5. The SMILES string of the molecule is N#Cc1nccnc1N1CCC(C(=O)N2CCc3ccccc3C2)C1. The number of nitriles is 1. The molecule has 1 unspecified atom stereocenters. The summed E-state index contributed by atoms with van der Waals surface area (Å²) in [6.07, 6.45) is 4.82. The molecule has 1 aromatic carbocycles.